The molecule has 0 saturated carbocycles. The van der Waals surface area contributed by atoms with Gasteiger partial charge >= 0.3 is 0 Å². The van der Waals surface area contributed by atoms with Crippen LogP contribution in [0.2, 0.25) is 0 Å². The zero-order valence-corrected chi connectivity index (χ0v) is 10.6. The number of nitrogens with zero attached hydrogens (tertiary/aromatic N) is 3. The quantitative estimate of drug-likeness (QED) is 0.858. The minimum atomic E-state index is -0.234. The second-order valence-corrected chi connectivity index (χ2v) is 4.17. The van der Waals surface area contributed by atoms with E-state index in [0.29, 0.717) is 11.5 Å². The summed E-state index contributed by atoms with van der Waals surface area (Å²) >= 11 is 0. The second-order valence-electron chi connectivity index (χ2n) is 4.17. The van der Waals surface area contributed by atoms with Gasteiger partial charge in [-0.25, -0.2) is 9.97 Å². The molecule has 6 nitrogen and oxygen atoms in total. The van der Waals surface area contributed by atoms with Crippen LogP contribution in [0.15, 0.2) is 24.5 Å². The van der Waals surface area contributed by atoms with Crippen molar-refractivity contribution < 1.29 is 4.79 Å². The molecule has 0 unspecified atom stereocenters. The van der Waals surface area contributed by atoms with Crippen molar-refractivity contribution in [3.8, 4) is 0 Å². The maximum Gasteiger partial charge on any atom is 0.259 e. The van der Waals surface area contributed by atoms with Crippen LogP contribution in [0.4, 0.5) is 11.8 Å². The number of anilines is 2. The van der Waals surface area contributed by atoms with Crippen molar-refractivity contribution in [2.75, 3.05) is 24.3 Å². The van der Waals surface area contributed by atoms with Gasteiger partial charge in [0.1, 0.15) is 5.82 Å². The second kappa shape index (κ2) is 4.87. The fraction of sp³-hybridized carbons (Fsp3) is 0.250. The largest absolute Gasteiger partial charge is 0.363 e. The molecule has 2 N–H and O–H groups in total. The van der Waals surface area contributed by atoms with Crippen molar-refractivity contribution in [1.82, 2.24) is 15.0 Å². The number of hydrogen-bond acceptors (Lipinski definition) is 4. The molecule has 0 aliphatic carbocycles. The number of nitrogens with one attached hydrogen (secondary N) is 2. The highest BCUT2D eigenvalue weighted by Crippen LogP contribution is 2.09. The summed E-state index contributed by atoms with van der Waals surface area (Å²) in [6.07, 6.45) is 3.20. The first kappa shape index (κ1) is 12.1. The summed E-state index contributed by atoms with van der Waals surface area (Å²) in [5, 5.41) is 2.67. The first-order valence-corrected chi connectivity index (χ1v) is 5.52. The monoisotopic (exact) mass is 245 g/mol. The van der Waals surface area contributed by atoms with Gasteiger partial charge in [0.2, 0.25) is 5.95 Å². The summed E-state index contributed by atoms with van der Waals surface area (Å²) < 4.78 is 0. The highest BCUT2D eigenvalue weighted by molar-refractivity contribution is 6.03. The third-order valence-electron chi connectivity index (χ3n) is 2.40. The van der Waals surface area contributed by atoms with E-state index in [4.69, 9.17) is 0 Å². The number of hydrogen-bond donors (Lipinski definition) is 2. The van der Waals surface area contributed by atoms with Gasteiger partial charge in [-0.3, -0.25) is 10.1 Å². The number of aromatic amines is 1. The Labute approximate surface area is 105 Å². The topological polar surface area (TPSA) is 73.9 Å². The Morgan fingerprint density at radius 3 is 2.56 bits per heavy atom. The number of rotatable bonds is 3. The Kier molecular flexibility index (Phi) is 3.27. The van der Waals surface area contributed by atoms with E-state index < -0.39 is 0 Å². The number of aryl methyl sites for hydroxylation is 1. The molecule has 0 radical (unpaired) electrons. The van der Waals surface area contributed by atoms with Gasteiger partial charge < -0.3 is 9.88 Å². The fourth-order valence-corrected chi connectivity index (χ4v) is 1.44. The van der Waals surface area contributed by atoms with E-state index in [1.165, 1.54) is 0 Å². The standard InChI is InChI=1S/C12H15N5O/c1-8-6-14-12(15-8)16-11(18)9-4-5-10(13-7-9)17(2)3/h4-7H,1-3H3,(H2,14,15,16,18). The number of carbonyl (C=O) groups is 1. The number of imidazole rings is 1. The Morgan fingerprint density at radius 2 is 2.06 bits per heavy atom. The predicted molar refractivity (Wildman–Crippen MR) is 69.8 cm³/mol. The summed E-state index contributed by atoms with van der Waals surface area (Å²) in [7, 11) is 3.79. The smallest absolute Gasteiger partial charge is 0.259 e. The molecule has 2 heterocycles. The summed E-state index contributed by atoms with van der Waals surface area (Å²) in [6, 6.07) is 3.52. The van der Waals surface area contributed by atoms with Crippen molar-refractivity contribution in [2.24, 2.45) is 0 Å². The molecule has 0 saturated heterocycles. The lowest BCUT2D eigenvalue weighted by molar-refractivity contribution is 0.102. The van der Waals surface area contributed by atoms with Crippen LogP contribution in [0.5, 0.6) is 0 Å². The average Bonchev–Trinajstić information content (AvgIpc) is 2.75. The highest BCUT2D eigenvalue weighted by Gasteiger charge is 2.08. The number of pyridine rings is 1. The molecule has 0 aliphatic heterocycles. The zero-order valence-electron chi connectivity index (χ0n) is 10.6. The number of H-pyrrole nitrogens is 1. The van der Waals surface area contributed by atoms with E-state index in [-0.39, 0.29) is 5.91 Å². The molecule has 94 valence electrons. The lowest BCUT2D eigenvalue weighted by atomic mass is 10.2. The molecule has 18 heavy (non-hydrogen) atoms. The van der Waals surface area contributed by atoms with E-state index >= 15 is 0 Å². The third-order valence-corrected chi connectivity index (χ3v) is 2.40. The normalized spacial score (nSPS) is 10.2. The Morgan fingerprint density at radius 1 is 1.28 bits per heavy atom. The van der Waals surface area contributed by atoms with Crippen molar-refractivity contribution in [2.45, 2.75) is 6.92 Å². The van der Waals surface area contributed by atoms with Crippen LogP contribution in [0.25, 0.3) is 0 Å². The molecule has 6 heteroatoms. The van der Waals surface area contributed by atoms with Crippen molar-refractivity contribution >= 4 is 17.7 Å². The van der Waals surface area contributed by atoms with Crippen LogP contribution in [-0.2, 0) is 0 Å². The lowest BCUT2D eigenvalue weighted by Gasteiger charge is -2.10. The van der Waals surface area contributed by atoms with E-state index in [9.17, 15) is 4.79 Å². The Hall–Kier alpha value is -2.37. The fourth-order valence-electron chi connectivity index (χ4n) is 1.44. The van der Waals surface area contributed by atoms with Crippen LogP contribution in [0, 0.1) is 6.92 Å². The minimum absolute atomic E-state index is 0.234. The SMILES string of the molecule is Cc1cnc(NC(=O)c2ccc(N(C)C)nc2)[nH]1. The van der Waals surface area contributed by atoms with Gasteiger partial charge in [0.25, 0.3) is 5.91 Å². The maximum absolute atomic E-state index is 11.9. The summed E-state index contributed by atoms with van der Waals surface area (Å²) in [5.74, 6) is 1.01. The van der Waals surface area contributed by atoms with Crippen molar-refractivity contribution in [1.29, 1.82) is 0 Å². The van der Waals surface area contributed by atoms with E-state index in [1.807, 2.05) is 25.9 Å². The Balaban J connectivity index is 2.09. The number of amides is 1. The average molecular weight is 245 g/mol. The molecule has 0 aliphatic rings. The van der Waals surface area contributed by atoms with E-state index in [0.717, 1.165) is 11.5 Å². The van der Waals surface area contributed by atoms with Crippen LogP contribution in [0.3, 0.4) is 0 Å². The molecule has 0 spiro atoms. The molecule has 0 bridgehead atoms. The first-order chi connectivity index (χ1) is 8.56. The number of carbonyl (C=O) groups excluding carboxylic acids is 1. The molecular weight excluding hydrogens is 230 g/mol. The van der Waals surface area contributed by atoms with Crippen molar-refractivity contribution in [3.63, 3.8) is 0 Å². The molecule has 2 aromatic rings. The zero-order chi connectivity index (χ0) is 13.1. The Bertz CT molecular complexity index is 544. The van der Waals surface area contributed by atoms with Gasteiger partial charge in [-0.15, -0.1) is 0 Å². The van der Waals surface area contributed by atoms with Crippen LogP contribution < -0.4 is 10.2 Å². The summed E-state index contributed by atoms with van der Waals surface area (Å²) in [5.41, 5.74) is 1.39. The third kappa shape index (κ3) is 2.65. The van der Waals surface area contributed by atoms with Gasteiger partial charge in [-0.2, -0.15) is 0 Å². The molecular formula is C12H15N5O. The minimum Gasteiger partial charge on any atom is -0.363 e. The summed E-state index contributed by atoms with van der Waals surface area (Å²) in [6.45, 7) is 1.87. The van der Waals surface area contributed by atoms with E-state index in [2.05, 4.69) is 20.3 Å². The number of aromatic nitrogens is 3. The van der Waals surface area contributed by atoms with Gasteiger partial charge in [0.05, 0.1) is 5.56 Å². The van der Waals surface area contributed by atoms with Gasteiger partial charge in [-0.1, -0.05) is 0 Å². The van der Waals surface area contributed by atoms with Crippen molar-refractivity contribution in [3.05, 3.63) is 35.8 Å². The maximum atomic E-state index is 11.9. The van der Waals surface area contributed by atoms with E-state index in [1.54, 1.807) is 24.5 Å². The lowest BCUT2D eigenvalue weighted by Crippen LogP contribution is -2.15. The molecule has 1 amide bonds. The van der Waals surface area contributed by atoms with Crippen LogP contribution in [-0.4, -0.2) is 35.0 Å². The molecule has 0 fully saturated rings. The van der Waals surface area contributed by atoms with Gasteiger partial charge in [-0.05, 0) is 19.1 Å². The molecule has 0 aromatic carbocycles. The van der Waals surface area contributed by atoms with Crippen LogP contribution in [0.1, 0.15) is 16.1 Å². The first-order valence-electron chi connectivity index (χ1n) is 5.52. The summed E-state index contributed by atoms with van der Waals surface area (Å²) in [4.78, 5) is 24.9. The van der Waals surface area contributed by atoms with Gasteiger partial charge in [0.15, 0.2) is 0 Å². The van der Waals surface area contributed by atoms with Gasteiger partial charge in [0, 0.05) is 32.2 Å². The van der Waals surface area contributed by atoms with Crippen LogP contribution >= 0.6 is 0 Å². The predicted octanol–water partition coefficient (Wildman–Crippen LogP) is 1.43. The molecule has 2 aromatic heterocycles. The highest BCUT2D eigenvalue weighted by atomic mass is 16.1. The molecule has 2 rings (SSSR count). The molecule has 0 atom stereocenters.